The summed E-state index contributed by atoms with van der Waals surface area (Å²) >= 11 is 0. The van der Waals surface area contributed by atoms with Gasteiger partial charge in [-0.25, -0.2) is 4.68 Å². The Bertz CT molecular complexity index is 1110. The van der Waals surface area contributed by atoms with Crippen LogP contribution in [-0.2, 0) is 4.79 Å². The summed E-state index contributed by atoms with van der Waals surface area (Å²) in [6, 6.07) is 19.3. The molecule has 0 amide bonds. The number of fused-ring (bicyclic) bond motifs is 1. The third-order valence-electron chi connectivity index (χ3n) is 5.38. The highest BCUT2D eigenvalue weighted by molar-refractivity contribution is 6.00. The Labute approximate surface area is 156 Å². The summed E-state index contributed by atoms with van der Waals surface area (Å²) in [5.41, 5.74) is 3.92. The van der Waals surface area contributed by atoms with Crippen molar-refractivity contribution in [3.8, 4) is 5.69 Å². The number of benzene rings is 2. The molecule has 5 nitrogen and oxygen atoms in total. The smallest absolute Gasteiger partial charge is 0.277 e. The molecule has 3 aromatic rings. The van der Waals surface area contributed by atoms with E-state index in [-0.39, 0.29) is 17.3 Å². The highest BCUT2D eigenvalue weighted by Crippen LogP contribution is 2.43. The van der Waals surface area contributed by atoms with Crippen molar-refractivity contribution >= 4 is 11.6 Å². The fourth-order valence-electron chi connectivity index (χ4n) is 4.17. The fraction of sp³-hybridized carbons (Fsp3) is 0.182. The number of aromatic amines is 1. The molecule has 1 aromatic heterocycles. The van der Waals surface area contributed by atoms with E-state index in [1.54, 1.807) is 4.68 Å². The number of para-hydroxylation sites is 1. The first-order chi connectivity index (χ1) is 13.2. The number of nitrogens with zero attached hydrogens (tertiary/aromatic N) is 1. The molecule has 0 saturated carbocycles. The SMILES string of the molecule is O=C1CCCC2=C1[C@H](c1ccccc1)c1c([nH]n(-c3ccccc3)c1=O)N2. The molecule has 27 heavy (non-hydrogen) atoms. The number of aromatic nitrogens is 2. The van der Waals surface area contributed by atoms with Crippen LogP contribution >= 0.6 is 0 Å². The lowest BCUT2D eigenvalue weighted by Crippen LogP contribution is -2.29. The number of nitrogens with one attached hydrogen (secondary N) is 2. The second-order valence-corrected chi connectivity index (χ2v) is 7.01. The molecule has 1 aliphatic carbocycles. The molecule has 0 saturated heterocycles. The van der Waals surface area contributed by atoms with Crippen LogP contribution in [0.1, 0.15) is 36.3 Å². The number of carbonyl (C=O) groups is 1. The van der Waals surface area contributed by atoms with E-state index in [1.807, 2.05) is 60.7 Å². The Balaban J connectivity index is 1.75. The zero-order chi connectivity index (χ0) is 18.4. The Morgan fingerprint density at radius 3 is 2.33 bits per heavy atom. The zero-order valence-corrected chi connectivity index (χ0v) is 14.7. The highest BCUT2D eigenvalue weighted by Gasteiger charge is 2.38. The Hall–Kier alpha value is -3.34. The van der Waals surface area contributed by atoms with Crippen molar-refractivity contribution in [2.24, 2.45) is 0 Å². The summed E-state index contributed by atoms with van der Waals surface area (Å²) in [5, 5.41) is 6.56. The van der Waals surface area contributed by atoms with Crippen LogP contribution in [-0.4, -0.2) is 15.6 Å². The molecule has 0 radical (unpaired) electrons. The summed E-state index contributed by atoms with van der Waals surface area (Å²) in [6.07, 6.45) is 2.20. The van der Waals surface area contributed by atoms with Crippen molar-refractivity contribution < 1.29 is 4.79 Å². The highest BCUT2D eigenvalue weighted by atomic mass is 16.1. The summed E-state index contributed by atoms with van der Waals surface area (Å²) in [6.45, 7) is 0. The van der Waals surface area contributed by atoms with E-state index >= 15 is 0 Å². The molecule has 2 aliphatic rings. The van der Waals surface area contributed by atoms with Crippen LogP contribution in [0.3, 0.4) is 0 Å². The van der Waals surface area contributed by atoms with Crippen molar-refractivity contribution in [2.75, 3.05) is 5.32 Å². The minimum absolute atomic E-state index is 0.123. The van der Waals surface area contributed by atoms with E-state index in [4.69, 9.17) is 0 Å². The van der Waals surface area contributed by atoms with Crippen LogP contribution < -0.4 is 10.9 Å². The van der Waals surface area contributed by atoms with Crippen molar-refractivity contribution in [3.63, 3.8) is 0 Å². The molecule has 1 aliphatic heterocycles. The number of ketones is 1. The van der Waals surface area contributed by atoms with Gasteiger partial charge < -0.3 is 5.32 Å². The maximum absolute atomic E-state index is 13.3. The summed E-state index contributed by atoms with van der Waals surface area (Å²) in [7, 11) is 0. The molecular weight excluding hydrogens is 338 g/mol. The number of anilines is 1. The minimum atomic E-state index is -0.334. The largest absolute Gasteiger partial charge is 0.343 e. The lowest BCUT2D eigenvalue weighted by atomic mass is 9.77. The van der Waals surface area contributed by atoms with Gasteiger partial charge in [-0.05, 0) is 30.5 Å². The second-order valence-electron chi connectivity index (χ2n) is 7.01. The average molecular weight is 357 g/mol. The van der Waals surface area contributed by atoms with E-state index in [0.29, 0.717) is 17.8 Å². The Morgan fingerprint density at radius 1 is 0.889 bits per heavy atom. The lowest BCUT2D eigenvalue weighted by molar-refractivity contribution is -0.116. The van der Waals surface area contributed by atoms with Gasteiger partial charge in [-0.1, -0.05) is 48.5 Å². The Morgan fingerprint density at radius 2 is 1.59 bits per heavy atom. The molecule has 0 spiro atoms. The van der Waals surface area contributed by atoms with Gasteiger partial charge in [0.2, 0.25) is 0 Å². The van der Waals surface area contributed by atoms with Gasteiger partial charge in [-0.3, -0.25) is 14.7 Å². The van der Waals surface area contributed by atoms with E-state index < -0.39 is 0 Å². The van der Waals surface area contributed by atoms with Gasteiger partial charge in [0.25, 0.3) is 5.56 Å². The van der Waals surface area contributed by atoms with E-state index in [2.05, 4.69) is 10.4 Å². The second kappa shape index (κ2) is 6.13. The van der Waals surface area contributed by atoms with Gasteiger partial charge in [0.1, 0.15) is 5.82 Å². The lowest BCUT2D eigenvalue weighted by Gasteiger charge is -2.31. The van der Waals surface area contributed by atoms with E-state index in [9.17, 15) is 9.59 Å². The summed E-state index contributed by atoms with van der Waals surface area (Å²) in [4.78, 5) is 26.1. The predicted octanol–water partition coefficient (Wildman–Crippen LogP) is 3.73. The van der Waals surface area contributed by atoms with Crippen LogP contribution in [0.5, 0.6) is 0 Å². The number of hydrogen-bond acceptors (Lipinski definition) is 3. The van der Waals surface area contributed by atoms with Crippen LogP contribution in [0, 0.1) is 0 Å². The van der Waals surface area contributed by atoms with Gasteiger partial charge in [0.15, 0.2) is 5.78 Å². The molecule has 0 bridgehead atoms. The molecule has 1 atom stereocenters. The van der Waals surface area contributed by atoms with Crippen molar-refractivity contribution in [3.05, 3.63) is 93.4 Å². The van der Waals surface area contributed by atoms with Crippen LogP contribution in [0.25, 0.3) is 5.69 Å². The fourth-order valence-corrected chi connectivity index (χ4v) is 4.17. The third-order valence-corrected chi connectivity index (χ3v) is 5.38. The van der Waals surface area contributed by atoms with Gasteiger partial charge in [0, 0.05) is 23.6 Å². The number of H-pyrrole nitrogens is 1. The van der Waals surface area contributed by atoms with E-state index in [1.165, 1.54) is 0 Å². The molecule has 5 rings (SSSR count). The quantitative estimate of drug-likeness (QED) is 0.734. The van der Waals surface area contributed by atoms with Crippen molar-refractivity contribution in [2.45, 2.75) is 25.2 Å². The number of hydrogen-bond donors (Lipinski definition) is 2. The molecule has 2 N–H and O–H groups in total. The molecule has 134 valence electrons. The first kappa shape index (κ1) is 15.9. The number of carbonyl (C=O) groups excluding carboxylic acids is 1. The summed E-state index contributed by atoms with van der Waals surface area (Å²) < 4.78 is 1.55. The number of allylic oxidation sites excluding steroid dienone is 2. The van der Waals surface area contributed by atoms with Gasteiger partial charge >= 0.3 is 0 Å². The number of Topliss-reactive ketones (excluding diaryl/α,β-unsaturated/α-hetero) is 1. The zero-order valence-electron chi connectivity index (χ0n) is 14.7. The number of rotatable bonds is 2. The first-order valence-electron chi connectivity index (χ1n) is 9.22. The van der Waals surface area contributed by atoms with Crippen molar-refractivity contribution in [1.82, 2.24) is 9.78 Å². The first-order valence-corrected chi connectivity index (χ1v) is 9.22. The predicted molar refractivity (Wildman–Crippen MR) is 104 cm³/mol. The molecule has 2 aromatic carbocycles. The summed E-state index contributed by atoms with van der Waals surface area (Å²) in [5.74, 6) is 0.486. The third kappa shape index (κ3) is 2.46. The van der Waals surface area contributed by atoms with Gasteiger partial charge in [-0.15, -0.1) is 0 Å². The molecule has 0 fully saturated rings. The maximum Gasteiger partial charge on any atom is 0.277 e. The van der Waals surface area contributed by atoms with E-state index in [0.717, 1.165) is 35.4 Å². The standard InChI is InChI=1S/C22H19N3O2/c26-17-13-7-12-16-19(17)18(14-8-3-1-4-9-14)20-21(23-16)24-25(22(20)27)15-10-5-2-6-11-15/h1-6,8-11,18,23-24H,7,12-13H2/t18-/m0/s1. The normalized spacial score (nSPS) is 18.7. The van der Waals surface area contributed by atoms with Crippen molar-refractivity contribution in [1.29, 1.82) is 0 Å². The molecule has 0 unspecified atom stereocenters. The van der Waals surface area contributed by atoms with Gasteiger partial charge in [0.05, 0.1) is 11.3 Å². The average Bonchev–Trinajstić information content (AvgIpc) is 3.04. The molecule has 5 heteroatoms. The maximum atomic E-state index is 13.3. The van der Waals surface area contributed by atoms with Gasteiger partial charge in [-0.2, -0.15) is 0 Å². The topological polar surface area (TPSA) is 66.9 Å². The van der Waals surface area contributed by atoms with Crippen LogP contribution in [0.15, 0.2) is 76.7 Å². The minimum Gasteiger partial charge on any atom is -0.343 e. The Kier molecular flexibility index (Phi) is 3.60. The van der Waals surface area contributed by atoms with Crippen LogP contribution in [0.4, 0.5) is 5.82 Å². The van der Waals surface area contributed by atoms with Crippen LogP contribution in [0.2, 0.25) is 0 Å². The molecular formula is C22H19N3O2. The molecule has 2 heterocycles. The monoisotopic (exact) mass is 357 g/mol.